The van der Waals surface area contributed by atoms with Crippen LogP contribution in [0.3, 0.4) is 0 Å². The van der Waals surface area contributed by atoms with E-state index in [0.717, 1.165) is 4.47 Å². The Morgan fingerprint density at radius 2 is 2.11 bits per heavy atom. The first-order valence-electron chi connectivity index (χ1n) is 5.71. The molecule has 0 aliphatic rings. The first kappa shape index (κ1) is 15.5. The second-order valence-corrected chi connectivity index (χ2v) is 5.19. The maximum Gasteiger partial charge on any atom is 0.331 e. The molecule has 1 aromatic rings. The molecule has 0 aliphatic heterocycles. The van der Waals surface area contributed by atoms with E-state index >= 15 is 0 Å². The Kier molecular flexibility index (Phi) is 5.35. The molecule has 1 amide bonds. The fourth-order valence-electron chi connectivity index (χ4n) is 1.82. The maximum atomic E-state index is 11.5. The highest BCUT2D eigenvalue weighted by atomic mass is 79.9. The summed E-state index contributed by atoms with van der Waals surface area (Å²) in [5.74, 6) is -0.666. The lowest BCUT2D eigenvalue weighted by Gasteiger charge is -2.29. The molecule has 0 radical (unpaired) electrons. The summed E-state index contributed by atoms with van der Waals surface area (Å²) in [6.45, 7) is 3.52. The third-order valence-electron chi connectivity index (χ3n) is 2.74. The normalized spacial score (nSPS) is 12.1. The van der Waals surface area contributed by atoms with Crippen LogP contribution in [0.2, 0.25) is 0 Å². The number of amides is 1. The SMILES string of the molecule is COc1ccc(Br)cc1C(C(=O)O)N(C=O)C(C)C. The number of carbonyl (C=O) groups is 2. The molecule has 0 bridgehead atoms. The van der Waals surface area contributed by atoms with E-state index in [2.05, 4.69) is 15.9 Å². The van der Waals surface area contributed by atoms with Crippen LogP contribution in [0, 0.1) is 0 Å². The van der Waals surface area contributed by atoms with Crippen molar-refractivity contribution in [2.75, 3.05) is 7.11 Å². The zero-order valence-corrected chi connectivity index (χ0v) is 12.5. The Hall–Kier alpha value is -1.56. The van der Waals surface area contributed by atoms with E-state index in [4.69, 9.17) is 4.74 Å². The van der Waals surface area contributed by atoms with Gasteiger partial charge in [0.2, 0.25) is 6.41 Å². The van der Waals surface area contributed by atoms with Crippen molar-refractivity contribution in [3.05, 3.63) is 28.2 Å². The van der Waals surface area contributed by atoms with E-state index < -0.39 is 12.0 Å². The molecule has 1 unspecified atom stereocenters. The van der Waals surface area contributed by atoms with Gasteiger partial charge in [-0.3, -0.25) is 4.79 Å². The zero-order valence-electron chi connectivity index (χ0n) is 11.0. The van der Waals surface area contributed by atoms with Crippen LogP contribution in [0.1, 0.15) is 25.5 Å². The molecule has 1 aromatic carbocycles. The van der Waals surface area contributed by atoms with Gasteiger partial charge in [-0.1, -0.05) is 15.9 Å². The van der Waals surface area contributed by atoms with Gasteiger partial charge in [-0.15, -0.1) is 0 Å². The monoisotopic (exact) mass is 329 g/mol. The topological polar surface area (TPSA) is 66.8 Å². The van der Waals surface area contributed by atoms with Gasteiger partial charge in [0.25, 0.3) is 0 Å². The largest absolute Gasteiger partial charge is 0.496 e. The van der Waals surface area contributed by atoms with Crippen molar-refractivity contribution in [2.24, 2.45) is 0 Å². The van der Waals surface area contributed by atoms with Gasteiger partial charge in [0.1, 0.15) is 5.75 Å². The molecule has 0 saturated carbocycles. The van der Waals surface area contributed by atoms with Crippen LogP contribution in [0.5, 0.6) is 5.75 Å². The summed E-state index contributed by atoms with van der Waals surface area (Å²) >= 11 is 3.30. The molecule has 6 heteroatoms. The minimum absolute atomic E-state index is 0.234. The fourth-order valence-corrected chi connectivity index (χ4v) is 2.20. The molecule has 0 heterocycles. The van der Waals surface area contributed by atoms with Crippen LogP contribution in [-0.2, 0) is 9.59 Å². The smallest absolute Gasteiger partial charge is 0.331 e. The molecule has 1 atom stereocenters. The van der Waals surface area contributed by atoms with Crippen LogP contribution in [0.15, 0.2) is 22.7 Å². The number of rotatable bonds is 6. The van der Waals surface area contributed by atoms with E-state index in [1.165, 1.54) is 12.0 Å². The molecule has 0 fully saturated rings. The number of halogens is 1. The van der Waals surface area contributed by atoms with E-state index in [1.54, 1.807) is 32.0 Å². The van der Waals surface area contributed by atoms with Crippen LogP contribution < -0.4 is 4.74 Å². The number of methoxy groups -OCH3 is 1. The summed E-state index contributed by atoms with van der Waals surface area (Å²) in [4.78, 5) is 23.9. The van der Waals surface area contributed by atoms with Gasteiger partial charge in [-0.2, -0.15) is 0 Å². The van der Waals surface area contributed by atoms with Gasteiger partial charge in [0.15, 0.2) is 6.04 Å². The standard InChI is InChI=1S/C13H16BrNO4/c1-8(2)15(7-16)12(13(17)18)10-6-9(14)4-5-11(10)19-3/h4-8,12H,1-3H3,(H,17,18). The number of carboxylic acids is 1. The van der Waals surface area contributed by atoms with Crippen molar-refractivity contribution in [1.29, 1.82) is 0 Å². The molecular formula is C13H16BrNO4. The number of ether oxygens (including phenoxy) is 1. The minimum Gasteiger partial charge on any atom is -0.496 e. The summed E-state index contributed by atoms with van der Waals surface area (Å²) < 4.78 is 5.91. The molecule has 0 saturated heterocycles. The third kappa shape index (κ3) is 3.47. The van der Waals surface area contributed by atoms with Gasteiger partial charge in [0, 0.05) is 16.1 Å². The second kappa shape index (κ2) is 6.56. The van der Waals surface area contributed by atoms with E-state index in [9.17, 15) is 14.7 Å². The number of hydrogen-bond donors (Lipinski definition) is 1. The van der Waals surface area contributed by atoms with Crippen molar-refractivity contribution in [1.82, 2.24) is 4.90 Å². The predicted molar refractivity (Wildman–Crippen MR) is 74.1 cm³/mol. The number of nitrogens with zero attached hydrogens (tertiary/aromatic N) is 1. The highest BCUT2D eigenvalue weighted by Crippen LogP contribution is 2.32. The molecule has 0 aromatic heterocycles. The summed E-state index contributed by atoms with van der Waals surface area (Å²) in [7, 11) is 1.46. The average Bonchev–Trinajstić information content (AvgIpc) is 2.34. The maximum absolute atomic E-state index is 11.5. The van der Waals surface area contributed by atoms with Crippen molar-refractivity contribution in [2.45, 2.75) is 25.9 Å². The van der Waals surface area contributed by atoms with Gasteiger partial charge in [-0.05, 0) is 32.0 Å². The Morgan fingerprint density at radius 1 is 1.47 bits per heavy atom. The number of aliphatic carboxylic acids is 1. The van der Waals surface area contributed by atoms with Crippen molar-refractivity contribution in [3.63, 3.8) is 0 Å². The molecule has 0 spiro atoms. The van der Waals surface area contributed by atoms with Crippen LogP contribution in [0.25, 0.3) is 0 Å². The van der Waals surface area contributed by atoms with Gasteiger partial charge < -0.3 is 14.7 Å². The predicted octanol–water partition coefficient (Wildman–Crippen LogP) is 2.45. The van der Waals surface area contributed by atoms with Gasteiger partial charge in [-0.25, -0.2) is 4.79 Å². The number of hydrogen-bond acceptors (Lipinski definition) is 3. The molecule has 104 valence electrons. The zero-order chi connectivity index (χ0) is 14.6. The van der Waals surface area contributed by atoms with Crippen molar-refractivity contribution < 1.29 is 19.4 Å². The Morgan fingerprint density at radius 3 is 2.53 bits per heavy atom. The second-order valence-electron chi connectivity index (χ2n) is 4.27. The molecule has 5 nitrogen and oxygen atoms in total. The first-order valence-corrected chi connectivity index (χ1v) is 6.50. The van der Waals surface area contributed by atoms with Gasteiger partial charge >= 0.3 is 5.97 Å². The lowest BCUT2D eigenvalue weighted by atomic mass is 10.0. The van der Waals surface area contributed by atoms with Gasteiger partial charge in [0.05, 0.1) is 7.11 Å². The lowest BCUT2D eigenvalue weighted by molar-refractivity contribution is -0.148. The first-order chi connectivity index (χ1) is 8.92. The summed E-state index contributed by atoms with van der Waals surface area (Å²) in [6.07, 6.45) is 0.545. The lowest BCUT2D eigenvalue weighted by Crippen LogP contribution is -2.38. The number of carbonyl (C=O) groups excluding carboxylic acids is 1. The highest BCUT2D eigenvalue weighted by Gasteiger charge is 2.31. The third-order valence-corrected chi connectivity index (χ3v) is 3.23. The Balaban J connectivity index is 3.37. The number of carboxylic acid groups (broad SMARTS) is 1. The van der Waals surface area contributed by atoms with E-state index in [0.29, 0.717) is 17.7 Å². The van der Waals surface area contributed by atoms with E-state index in [1.807, 2.05) is 0 Å². The van der Waals surface area contributed by atoms with Crippen molar-refractivity contribution >= 4 is 28.3 Å². The van der Waals surface area contributed by atoms with Crippen LogP contribution in [0.4, 0.5) is 0 Å². The fraction of sp³-hybridized carbons (Fsp3) is 0.385. The molecule has 0 aliphatic carbocycles. The average molecular weight is 330 g/mol. The molecule has 1 rings (SSSR count). The summed E-state index contributed by atoms with van der Waals surface area (Å²) in [6, 6.07) is 3.75. The molecule has 19 heavy (non-hydrogen) atoms. The molecule has 1 N–H and O–H groups in total. The number of benzene rings is 1. The Bertz CT molecular complexity index is 476. The summed E-state index contributed by atoms with van der Waals surface area (Å²) in [5.41, 5.74) is 0.435. The quantitative estimate of drug-likeness (QED) is 0.814. The van der Waals surface area contributed by atoms with Crippen LogP contribution >= 0.6 is 15.9 Å². The highest BCUT2D eigenvalue weighted by molar-refractivity contribution is 9.10. The van der Waals surface area contributed by atoms with Crippen molar-refractivity contribution in [3.8, 4) is 5.75 Å². The Labute approximate surface area is 120 Å². The minimum atomic E-state index is -1.10. The summed E-state index contributed by atoms with van der Waals surface area (Å²) in [5, 5.41) is 9.42. The van der Waals surface area contributed by atoms with E-state index in [-0.39, 0.29) is 6.04 Å². The van der Waals surface area contributed by atoms with Crippen LogP contribution in [-0.4, -0.2) is 35.5 Å². The molecular weight excluding hydrogens is 314 g/mol.